The third-order valence-corrected chi connectivity index (χ3v) is 5.38. The second kappa shape index (κ2) is 8.12. The minimum Gasteiger partial charge on any atom is -0.313 e. The summed E-state index contributed by atoms with van der Waals surface area (Å²) in [4.78, 5) is 0. The number of hydrogen-bond donors (Lipinski definition) is 1. The molecule has 0 saturated carbocycles. The zero-order valence-electron chi connectivity index (χ0n) is 11.8. The number of nitrogens with zero attached hydrogens (tertiary/aromatic N) is 1. The first-order valence-electron chi connectivity index (χ1n) is 7.31. The van der Waals surface area contributed by atoms with E-state index in [-0.39, 0.29) is 0 Å². The van der Waals surface area contributed by atoms with E-state index in [4.69, 9.17) is 0 Å². The van der Waals surface area contributed by atoms with Gasteiger partial charge in [0.2, 0.25) is 10.0 Å². The third-order valence-electron chi connectivity index (χ3n) is 3.46. The summed E-state index contributed by atoms with van der Waals surface area (Å²) in [5.41, 5.74) is 0. The van der Waals surface area contributed by atoms with E-state index in [2.05, 4.69) is 5.32 Å². The van der Waals surface area contributed by atoms with Crippen LogP contribution in [-0.2, 0) is 10.0 Å². The lowest BCUT2D eigenvalue weighted by Gasteiger charge is -2.30. The van der Waals surface area contributed by atoms with Crippen LogP contribution in [0.5, 0.6) is 0 Å². The number of sulfonamides is 1. The van der Waals surface area contributed by atoms with Crippen LogP contribution in [0.25, 0.3) is 0 Å². The third kappa shape index (κ3) is 5.24. The van der Waals surface area contributed by atoms with Crippen molar-refractivity contribution < 1.29 is 8.42 Å². The van der Waals surface area contributed by atoms with Gasteiger partial charge in [0, 0.05) is 19.1 Å². The summed E-state index contributed by atoms with van der Waals surface area (Å²) in [7, 11) is -3.05. The predicted molar refractivity (Wildman–Crippen MR) is 76.2 cm³/mol. The molecule has 0 aromatic heterocycles. The smallest absolute Gasteiger partial charge is 0.214 e. The number of hydrogen-bond acceptors (Lipinski definition) is 3. The van der Waals surface area contributed by atoms with Crippen LogP contribution in [0, 0.1) is 0 Å². The van der Waals surface area contributed by atoms with Crippen molar-refractivity contribution in [3.63, 3.8) is 0 Å². The lowest BCUT2D eigenvalue weighted by atomic mass is 10.1. The van der Waals surface area contributed by atoms with Gasteiger partial charge in [-0.25, -0.2) is 12.7 Å². The highest BCUT2D eigenvalue weighted by atomic mass is 32.2. The van der Waals surface area contributed by atoms with Crippen LogP contribution in [0.3, 0.4) is 0 Å². The molecule has 108 valence electrons. The van der Waals surface area contributed by atoms with Crippen LogP contribution in [-0.4, -0.2) is 44.2 Å². The van der Waals surface area contributed by atoms with Crippen molar-refractivity contribution >= 4 is 10.0 Å². The molecule has 1 N–H and O–H groups in total. The maximum Gasteiger partial charge on any atom is 0.214 e. The summed E-state index contributed by atoms with van der Waals surface area (Å²) >= 11 is 0. The summed E-state index contributed by atoms with van der Waals surface area (Å²) in [6, 6.07) is 0.349. The second-order valence-corrected chi connectivity index (χ2v) is 7.26. The van der Waals surface area contributed by atoms with Gasteiger partial charge in [-0.15, -0.1) is 0 Å². The number of unbranched alkanes of at least 4 members (excludes halogenated alkanes) is 1. The lowest BCUT2D eigenvalue weighted by Crippen LogP contribution is -2.46. The Labute approximate surface area is 112 Å². The second-order valence-electron chi connectivity index (χ2n) is 5.17. The topological polar surface area (TPSA) is 49.4 Å². The molecule has 1 atom stereocenters. The Morgan fingerprint density at radius 2 is 2.00 bits per heavy atom. The van der Waals surface area contributed by atoms with Crippen LogP contribution >= 0.6 is 0 Å². The molecule has 0 amide bonds. The van der Waals surface area contributed by atoms with Crippen molar-refractivity contribution in [3.8, 4) is 0 Å². The van der Waals surface area contributed by atoms with Crippen LogP contribution in [0.15, 0.2) is 0 Å². The molecule has 1 fully saturated rings. The maximum atomic E-state index is 12.3. The molecule has 0 spiro atoms. The molecule has 0 aromatic carbocycles. The van der Waals surface area contributed by atoms with E-state index in [1.54, 1.807) is 4.31 Å². The van der Waals surface area contributed by atoms with E-state index in [1.807, 2.05) is 13.8 Å². The largest absolute Gasteiger partial charge is 0.313 e. The molecule has 0 radical (unpaired) electrons. The molecule has 18 heavy (non-hydrogen) atoms. The van der Waals surface area contributed by atoms with E-state index < -0.39 is 10.0 Å². The number of nitrogens with one attached hydrogen (secondary N) is 1. The van der Waals surface area contributed by atoms with Crippen molar-refractivity contribution in [3.05, 3.63) is 0 Å². The Balaban J connectivity index is 2.56. The van der Waals surface area contributed by atoms with Gasteiger partial charge in [0.1, 0.15) is 0 Å². The molecule has 0 bridgehead atoms. The average molecular weight is 276 g/mol. The first kappa shape index (κ1) is 15.9. The molecule has 1 aliphatic rings. The molecule has 1 heterocycles. The molecule has 1 rings (SSSR count). The molecule has 0 aliphatic carbocycles. The standard InChI is InChI=1S/C13H28N2O2S/c1-3-5-11-18(16,17)15(10-4-2)12-13-8-6-7-9-14-13/h13-14H,3-12H2,1-2H3. The SMILES string of the molecule is CCCCS(=O)(=O)N(CCC)CC1CCCCN1. The van der Waals surface area contributed by atoms with Gasteiger partial charge in [-0.2, -0.15) is 0 Å². The van der Waals surface area contributed by atoms with Gasteiger partial charge in [0.05, 0.1) is 5.75 Å². The molecular weight excluding hydrogens is 248 g/mol. The molecule has 0 aromatic rings. The first-order valence-corrected chi connectivity index (χ1v) is 8.92. The monoisotopic (exact) mass is 276 g/mol. The van der Waals surface area contributed by atoms with Gasteiger partial charge in [0.15, 0.2) is 0 Å². The van der Waals surface area contributed by atoms with Crippen molar-refractivity contribution in [2.45, 2.75) is 58.4 Å². The summed E-state index contributed by atoms with van der Waals surface area (Å²) in [5.74, 6) is 0.302. The zero-order valence-corrected chi connectivity index (χ0v) is 12.6. The minimum atomic E-state index is -3.05. The predicted octanol–water partition coefficient (Wildman–Crippen LogP) is 1.97. The minimum absolute atomic E-state index is 0.302. The molecule has 4 nitrogen and oxygen atoms in total. The zero-order chi connectivity index (χ0) is 13.4. The summed E-state index contributed by atoms with van der Waals surface area (Å²) in [6.45, 7) is 6.41. The molecule has 1 unspecified atom stereocenters. The van der Waals surface area contributed by atoms with E-state index in [1.165, 1.54) is 12.8 Å². The van der Waals surface area contributed by atoms with Crippen LogP contribution in [0.2, 0.25) is 0 Å². The lowest BCUT2D eigenvalue weighted by molar-refractivity contribution is 0.312. The fraction of sp³-hybridized carbons (Fsp3) is 1.00. The maximum absolute atomic E-state index is 12.3. The Kier molecular flexibility index (Phi) is 7.19. The summed E-state index contributed by atoms with van der Waals surface area (Å²) in [5, 5.41) is 3.43. The normalized spacial score (nSPS) is 21.4. The van der Waals surface area contributed by atoms with Crippen molar-refractivity contribution in [1.82, 2.24) is 9.62 Å². The Morgan fingerprint density at radius 3 is 2.56 bits per heavy atom. The highest BCUT2D eigenvalue weighted by Gasteiger charge is 2.24. The van der Waals surface area contributed by atoms with Gasteiger partial charge >= 0.3 is 0 Å². The number of rotatable bonds is 8. The molecule has 5 heteroatoms. The highest BCUT2D eigenvalue weighted by Crippen LogP contribution is 2.12. The summed E-state index contributed by atoms with van der Waals surface area (Å²) in [6.07, 6.45) is 6.11. The van der Waals surface area contributed by atoms with Gasteiger partial charge in [-0.1, -0.05) is 26.7 Å². The molecule has 1 saturated heterocycles. The van der Waals surface area contributed by atoms with Crippen molar-refractivity contribution in [2.75, 3.05) is 25.4 Å². The van der Waals surface area contributed by atoms with Crippen LogP contribution in [0.1, 0.15) is 52.4 Å². The van der Waals surface area contributed by atoms with Crippen molar-refractivity contribution in [1.29, 1.82) is 0 Å². The Hall–Kier alpha value is -0.130. The average Bonchev–Trinajstić information content (AvgIpc) is 2.37. The van der Waals surface area contributed by atoms with Gasteiger partial charge in [0.25, 0.3) is 0 Å². The molecule has 1 aliphatic heterocycles. The van der Waals surface area contributed by atoms with Gasteiger partial charge in [-0.05, 0) is 32.2 Å². The van der Waals surface area contributed by atoms with Crippen molar-refractivity contribution in [2.24, 2.45) is 0 Å². The fourth-order valence-corrected chi connectivity index (χ4v) is 4.15. The van der Waals surface area contributed by atoms with Gasteiger partial charge in [-0.3, -0.25) is 0 Å². The first-order chi connectivity index (χ1) is 8.60. The Bertz CT molecular complexity index is 311. The van der Waals surface area contributed by atoms with E-state index in [0.29, 0.717) is 24.9 Å². The van der Waals surface area contributed by atoms with E-state index >= 15 is 0 Å². The van der Waals surface area contributed by atoms with E-state index in [9.17, 15) is 8.42 Å². The van der Waals surface area contributed by atoms with Crippen LogP contribution in [0.4, 0.5) is 0 Å². The molecular formula is C13H28N2O2S. The van der Waals surface area contributed by atoms with Gasteiger partial charge < -0.3 is 5.32 Å². The van der Waals surface area contributed by atoms with E-state index in [0.717, 1.165) is 32.2 Å². The highest BCUT2D eigenvalue weighted by molar-refractivity contribution is 7.89. The summed E-state index contributed by atoms with van der Waals surface area (Å²) < 4.78 is 26.2. The van der Waals surface area contributed by atoms with Crippen LogP contribution < -0.4 is 5.32 Å². The fourth-order valence-electron chi connectivity index (χ4n) is 2.37. The Morgan fingerprint density at radius 1 is 1.22 bits per heavy atom. The number of piperidine rings is 1. The quantitative estimate of drug-likeness (QED) is 0.737.